The van der Waals surface area contributed by atoms with E-state index >= 15 is 0 Å². The third kappa shape index (κ3) is 4.17. The first-order chi connectivity index (χ1) is 13.7. The zero-order valence-corrected chi connectivity index (χ0v) is 15.8. The van der Waals surface area contributed by atoms with Gasteiger partial charge in [0, 0.05) is 50.8 Å². The minimum absolute atomic E-state index is 0.0238. The molecule has 4 rings (SSSR count). The lowest BCUT2D eigenvalue weighted by Gasteiger charge is -2.39. The molecule has 148 valence electrons. The van der Waals surface area contributed by atoms with Crippen molar-refractivity contribution < 1.29 is 14.3 Å². The zero-order valence-electron chi connectivity index (χ0n) is 15.8. The van der Waals surface area contributed by atoms with Gasteiger partial charge in [-0.15, -0.1) is 0 Å². The number of carbonyl (C=O) groups excluding carboxylic acids is 2. The second kappa shape index (κ2) is 8.43. The Bertz CT molecular complexity index is 787. The van der Waals surface area contributed by atoms with Crippen LogP contribution in [-0.4, -0.2) is 83.4 Å². The number of piperazine rings is 1. The number of hydrogen-bond donors (Lipinski definition) is 0. The fourth-order valence-electron chi connectivity index (χ4n) is 3.69. The SMILES string of the molecule is O=C(Cn1cccn1)N1CCO[C@@H](C(=O)N2CCN(c3ccccc3)CC2)C1. The standard InChI is InChI=1S/C20H25N5O3/c26-19(16-25-8-4-7-21-25)24-13-14-28-18(15-24)20(27)23-11-9-22(10-12-23)17-5-2-1-3-6-17/h1-8,18H,9-16H2/t18-/m1/s1. The van der Waals surface area contributed by atoms with E-state index in [9.17, 15) is 9.59 Å². The highest BCUT2D eigenvalue weighted by Gasteiger charge is 2.33. The molecule has 8 heteroatoms. The van der Waals surface area contributed by atoms with Crippen molar-refractivity contribution in [3.8, 4) is 0 Å². The smallest absolute Gasteiger partial charge is 0.253 e. The van der Waals surface area contributed by atoms with Crippen molar-refractivity contribution in [2.75, 3.05) is 50.8 Å². The molecule has 3 heterocycles. The molecule has 0 N–H and O–H groups in total. The van der Waals surface area contributed by atoms with Gasteiger partial charge in [-0.3, -0.25) is 14.3 Å². The van der Waals surface area contributed by atoms with Crippen molar-refractivity contribution in [3.63, 3.8) is 0 Å². The van der Waals surface area contributed by atoms with Gasteiger partial charge in [0.1, 0.15) is 6.54 Å². The van der Waals surface area contributed by atoms with E-state index in [1.54, 1.807) is 28.0 Å². The number of rotatable bonds is 4. The Morgan fingerprint density at radius 2 is 1.79 bits per heavy atom. The number of benzene rings is 1. The van der Waals surface area contributed by atoms with Gasteiger partial charge in [0.15, 0.2) is 6.10 Å². The number of para-hydroxylation sites is 1. The van der Waals surface area contributed by atoms with E-state index in [1.807, 2.05) is 23.1 Å². The lowest BCUT2D eigenvalue weighted by molar-refractivity contribution is -0.154. The van der Waals surface area contributed by atoms with E-state index in [0.717, 1.165) is 13.1 Å². The fourth-order valence-corrected chi connectivity index (χ4v) is 3.69. The van der Waals surface area contributed by atoms with E-state index < -0.39 is 6.10 Å². The first-order valence-electron chi connectivity index (χ1n) is 9.66. The summed E-state index contributed by atoms with van der Waals surface area (Å²) in [4.78, 5) is 31.2. The van der Waals surface area contributed by atoms with Crippen LogP contribution >= 0.6 is 0 Å². The molecule has 0 bridgehead atoms. The minimum atomic E-state index is -0.585. The molecule has 0 aliphatic carbocycles. The van der Waals surface area contributed by atoms with Crippen LogP contribution in [0.4, 0.5) is 5.69 Å². The molecule has 1 aromatic heterocycles. The van der Waals surface area contributed by atoms with Crippen LogP contribution in [0, 0.1) is 0 Å². The summed E-state index contributed by atoms with van der Waals surface area (Å²) in [7, 11) is 0. The average Bonchev–Trinajstić information content (AvgIpc) is 3.27. The van der Waals surface area contributed by atoms with Crippen LogP contribution in [0.5, 0.6) is 0 Å². The summed E-state index contributed by atoms with van der Waals surface area (Å²) in [6.45, 7) is 4.29. The molecule has 28 heavy (non-hydrogen) atoms. The first kappa shape index (κ1) is 18.5. The maximum Gasteiger partial charge on any atom is 0.253 e. The molecular weight excluding hydrogens is 358 g/mol. The highest BCUT2D eigenvalue weighted by molar-refractivity contribution is 5.83. The van der Waals surface area contributed by atoms with Crippen molar-refractivity contribution in [3.05, 3.63) is 48.8 Å². The van der Waals surface area contributed by atoms with Crippen molar-refractivity contribution in [2.24, 2.45) is 0 Å². The number of nitrogens with zero attached hydrogens (tertiary/aromatic N) is 5. The predicted molar refractivity (Wildman–Crippen MR) is 104 cm³/mol. The van der Waals surface area contributed by atoms with Crippen LogP contribution in [0.1, 0.15) is 0 Å². The summed E-state index contributed by atoms with van der Waals surface area (Å²) in [6, 6.07) is 12.0. The molecule has 0 unspecified atom stereocenters. The molecule has 1 aromatic carbocycles. The van der Waals surface area contributed by atoms with E-state index in [-0.39, 0.29) is 18.4 Å². The number of carbonyl (C=O) groups is 2. The largest absolute Gasteiger partial charge is 0.368 e. The lowest BCUT2D eigenvalue weighted by Crippen LogP contribution is -2.56. The van der Waals surface area contributed by atoms with Gasteiger partial charge in [0.2, 0.25) is 5.91 Å². The molecule has 0 radical (unpaired) electrons. The quantitative estimate of drug-likeness (QED) is 0.767. The highest BCUT2D eigenvalue weighted by atomic mass is 16.5. The van der Waals surface area contributed by atoms with E-state index in [0.29, 0.717) is 32.8 Å². The van der Waals surface area contributed by atoms with Gasteiger partial charge in [-0.05, 0) is 18.2 Å². The van der Waals surface area contributed by atoms with Crippen LogP contribution in [0.25, 0.3) is 0 Å². The van der Waals surface area contributed by atoms with Gasteiger partial charge in [0.05, 0.1) is 13.2 Å². The van der Waals surface area contributed by atoms with Crippen LogP contribution in [-0.2, 0) is 20.9 Å². The van der Waals surface area contributed by atoms with Crippen LogP contribution in [0.15, 0.2) is 48.8 Å². The second-order valence-electron chi connectivity index (χ2n) is 7.05. The Hall–Kier alpha value is -2.87. The Kier molecular flexibility index (Phi) is 5.57. The molecule has 1 atom stereocenters. The molecular formula is C20H25N5O3. The fraction of sp³-hybridized carbons (Fsp3) is 0.450. The minimum Gasteiger partial charge on any atom is -0.368 e. The van der Waals surface area contributed by atoms with Crippen LogP contribution < -0.4 is 4.90 Å². The summed E-state index contributed by atoms with van der Waals surface area (Å²) in [5, 5.41) is 4.07. The van der Waals surface area contributed by atoms with Crippen LogP contribution in [0.3, 0.4) is 0 Å². The number of morpholine rings is 1. The van der Waals surface area contributed by atoms with Crippen molar-refractivity contribution >= 4 is 17.5 Å². The topological polar surface area (TPSA) is 70.9 Å². The number of ether oxygens (including phenoxy) is 1. The number of aromatic nitrogens is 2. The van der Waals surface area contributed by atoms with E-state index in [2.05, 4.69) is 22.1 Å². The Labute approximate surface area is 164 Å². The highest BCUT2D eigenvalue weighted by Crippen LogP contribution is 2.17. The first-order valence-corrected chi connectivity index (χ1v) is 9.66. The second-order valence-corrected chi connectivity index (χ2v) is 7.05. The summed E-state index contributed by atoms with van der Waals surface area (Å²) in [5.41, 5.74) is 1.18. The number of hydrogen-bond acceptors (Lipinski definition) is 5. The molecule has 8 nitrogen and oxygen atoms in total. The molecule has 2 aliphatic heterocycles. The normalized spacial score (nSPS) is 20.3. The maximum absolute atomic E-state index is 12.9. The molecule has 2 saturated heterocycles. The van der Waals surface area contributed by atoms with Gasteiger partial charge < -0.3 is 19.4 Å². The van der Waals surface area contributed by atoms with E-state index in [1.165, 1.54) is 5.69 Å². The number of amides is 2. The molecule has 2 aliphatic rings. The maximum atomic E-state index is 12.9. The zero-order chi connectivity index (χ0) is 19.3. The molecule has 0 spiro atoms. The lowest BCUT2D eigenvalue weighted by atomic mass is 10.2. The van der Waals surface area contributed by atoms with Gasteiger partial charge in [-0.1, -0.05) is 18.2 Å². The molecule has 2 amide bonds. The third-order valence-corrected chi connectivity index (χ3v) is 5.26. The number of anilines is 1. The Morgan fingerprint density at radius 1 is 1.00 bits per heavy atom. The van der Waals surface area contributed by atoms with Crippen molar-refractivity contribution in [2.45, 2.75) is 12.6 Å². The Morgan fingerprint density at radius 3 is 2.50 bits per heavy atom. The monoisotopic (exact) mass is 383 g/mol. The van der Waals surface area contributed by atoms with E-state index in [4.69, 9.17) is 4.74 Å². The average molecular weight is 383 g/mol. The van der Waals surface area contributed by atoms with Crippen molar-refractivity contribution in [1.82, 2.24) is 19.6 Å². The van der Waals surface area contributed by atoms with Gasteiger partial charge in [-0.25, -0.2) is 0 Å². The summed E-state index contributed by atoms with van der Waals surface area (Å²) in [5.74, 6) is -0.0667. The third-order valence-electron chi connectivity index (χ3n) is 5.26. The molecule has 0 saturated carbocycles. The van der Waals surface area contributed by atoms with Crippen LogP contribution in [0.2, 0.25) is 0 Å². The van der Waals surface area contributed by atoms with Crippen molar-refractivity contribution in [1.29, 1.82) is 0 Å². The predicted octanol–water partition coefficient (Wildman–Crippen LogP) is 0.459. The molecule has 2 fully saturated rings. The Balaban J connectivity index is 1.30. The van der Waals surface area contributed by atoms with Gasteiger partial charge in [0.25, 0.3) is 5.91 Å². The summed E-state index contributed by atoms with van der Waals surface area (Å²) < 4.78 is 7.29. The summed E-state index contributed by atoms with van der Waals surface area (Å²) in [6.07, 6.45) is 2.82. The summed E-state index contributed by atoms with van der Waals surface area (Å²) >= 11 is 0. The molecule has 2 aromatic rings. The van der Waals surface area contributed by atoms with Gasteiger partial charge in [-0.2, -0.15) is 5.10 Å². The van der Waals surface area contributed by atoms with Gasteiger partial charge >= 0.3 is 0 Å².